The summed E-state index contributed by atoms with van der Waals surface area (Å²) in [6.07, 6.45) is 4.36. The lowest BCUT2D eigenvalue weighted by Crippen LogP contribution is -2.32. The molecule has 2 rings (SSSR count). The lowest BCUT2D eigenvalue weighted by Gasteiger charge is -2.33. The summed E-state index contributed by atoms with van der Waals surface area (Å²) < 4.78 is 5.87. The standard InChI is InChI=1S/C11H18O/c1-7(2)11(4)6-9-8(3)5-10(11)12-9/h5,7,9-10H,6H2,1-4H3. The highest BCUT2D eigenvalue weighted by atomic mass is 16.5. The fourth-order valence-corrected chi connectivity index (χ4v) is 2.30. The third kappa shape index (κ3) is 0.891. The number of hydrogen-bond acceptors (Lipinski definition) is 1. The van der Waals surface area contributed by atoms with E-state index in [1.165, 1.54) is 12.0 Å². The first-order chi connectivity index (χ1) is 5.54. The quantitative estimate of drug-likeness (QED) is 0.544. The Hall–Kier alpha value is -0.300. The lowest BCUT2D eigenvalue weighted by atomic mass is 9.69. The minimum atomic E-state index is 0.391. The molecule has 1 nitrogen and oxygen atoms in total. The second-order valence-electron chi connectivity index (χ2n) is 4.82. The third-order valence-corrected chi connectivity index (χ3v) is 3.83. The van der Waals surface area contributed by atoms with E-state index in [9.17, 15) is 0 Å². The van der Waals surface area contributed by atoms with Gasteiger partial charge in [-0.15, -0.1) is 0 Å². The summed E-state index contributed by atoms with van der Waals surface area (Å²) in [7, 11) is 0. The summed E-state index contributed by atoms with van der Waals surface area (Å²) in [4.78, 5) is 0. The largest absolute Gasteiger partial charge is 0.366 e. The van der Waals surface area contributed by atoms with Gasteiger partial charge in [-0.1, -0.05) is 26.8 Å². The predicted octanol–water partition coefficient (Wildman–Crippen LogP) is 2.77. The van der Waals surface area contributed by atoms with Crippen molar-refractivity contribution in [1.29, 1.82) is 0 Å². The summed E-state index contributed by atoms with van der Waals surface area (Å²) in [5.74, 6) is 0.719. The molecule has 68 valence electrons. The molecule has 0 amide bonds. The zero-order valence-electron chi connectivity index (χ0n) is 8.42. The summed E-state index contributed by atoms with van der Waals surface area (Å²) in [6, 6.07) is 0. The van der Waals surface area contributed by atoms with Crippen LogP contribution in [0.1, 0.15) is 34.1 Å². The Morgan fingerprint density at radius 1 is 1.58 bits per heavy atom. The molecule has 1 fully saturated rings. The number of hydrogen-bond donors (Lipinski definition) is 0. The molecule has 0 aromatic carbocycles. The molecule has 12 heavy (non-hydrogen) atoms. The van der Waals surface area contributed by atoms with Crippen molar-refractivity contribution in [2.24, 2.45) is 11.3 Å². The zero-order chi connectivity index (χ0) is 8.93. The summed E-state index contributed by atoms with van der Waals surface area (Å²) in [5.41, 5.74) is 1.84. The van der Waals surface area contributed by atoms with Gasteiger partial charge in [0.15, 0.2) is 0 Å². The highest BCUT2D eigenvalue weighted by Crippen LogP contribution is 2.50. The van der Waals surface area contributed by atoms with E-state index in [-0.39, 0.29) is 0 Å². The van der Waals surface area contributed by atoms with Crippen LogP contribution in [0.25, 0.3) is 0 Å². The maximum absolute atomic E-state index is 5.87. The van der Waals surface area contributed by atoms with E-state index in [4.69, 9.17) is 4.74 Å². The van der Waals surface area contributed by atoms with Gasteiger partial charge in [0, 0.05) is 5.41 Å². The van der Waals surface area contributed by atoms with Gasteiger partial charge in [0.05, 0.1) is 12.2 Å². The van der Waals surface area contributed by atoms with Crippen LogP contribution in [0.3, 0.4) is 0 Å². The van der Waals surface area contributed by atoms with E-state index in [0.29, 0.717) is 17.6 Å². The lowest BCUT2D eigenvalue weighted by molar-refractivity contribution is 0.0647. The van der Waals surface area contributed by atoms with E-state index in [0.717, 1.165) is 5.92 Å². The van der Waals surface area contributed by atoms with Crippen molar-refractivity contribution in [3.63, 3.8) is 0 Å². The molecule has 0 spiro atoms. The Bertz CT molecular complexity index is 229. The second-order valence-corrected chi connectivity index (χ2v) is 4.82. The smallest absolute Gasteiger partial charge is 0.0824 e. The van der Waals surface area contributed by atoms with Crippen LogP contribution < -0.4 is 0 Å². The van der Waals surface area contributed by atoms with Crippen molar-refractivity contribution in [3.05, 3.63) is 11.6 Å². The molecule has 3 unspecified atom stereocenters. The fraction of sp³-hybridized carbons (Fsp3) is 0.818. The predicted molar refractivity (Wildman–Crippen MR) is 50.0 cm³/mol. The van der Waals surface area contributed by atoms with Crippen LogP contribution in [0.15, 0.2) is 11.6 Å². The van der Waals surface area contributed by atoms with Gasteiger partial charge in [-0.05, 0) is 24.8 Å². The molecular weight excluding hydrogens is 148 g/mol. The SMILES string of the molecule is CC1=CC2OC1CC2(C)C(C)C. The van der Waals surface area contributed by atoms with Crippen molar-refractivity contribution in [2.45, 2.75) is 46.3 Å². The van der Waals surface area contributed by atoms with Crippen LogP contribution in [-0.2, 0) is 4.74 Å². The second kappa shape index (κ2) is 2.35. The van der Waals surface area contributed by atoms with Crippen LogP contribution in [0, 0.1) is 11.3 Å². The van der Waals surface area contributed by atoms with Crippen LogP contribution >= 0.6 is 0 Å². The van der Waals surface area contributed by atoms with Crippen molar-refractivity contribution >= 4 is 0 Å². The van der Waals surface area contributed by atoms with E-state index < -0.39 is 0 Å². The molecule has 0 aromatic heterocycles. The first-order valence-electron chi connectivity index (χ1n) is 4.88. The zero-order valence-corrected chi connectivity index (χ0v) is 8.42. The van der Waals surface area contributed by atoms with Gasteiger partial charge in [-0.3, -0.25) is 0 Å². The molecule has 1 saturated heterocycles. The Labute approximate surface area is 74.8 Å². The molecule has 0 radical (unpaired) electrons. The topological polar surface area (TPSA) is 9.23 Å². The van der Waals surface area contributed by atoms with Crippen LogP contribution in [0.2, 0.25) is 0 Å². The number of fused-ring (bicyclic) bond motifs is 2. The minimum absolute atomic E-state index is 0.391. The molecule has 1 heteroatoms. The molecule has 0 N–H and O–H groups in total. The third-order valence-electron chi connectivity index (χ3n) is 3.83. The molecule has 2 aliphatic heterocycles. The van der Waals surface area contributed by atoms with Crippen LogP contribution in [0.4, 0.5) is 0 Å². The van der Waals surface area contributed by atoms with Crippen molar-refractivity contribution in [1.82, 2.24) is 0 Å². The van der Waals surface area contributed by atoms with Gasteiger partial charge in [0.25, 0.3) is 0 Å². The fourth-order valence-electron chi connectivity index (χ4n) is 2.30. The molecule has 0 saturated carbocycles. The van der Waals surface area contributed by atoms with Gasteiger partial charge in [0.2, 0.25) is 0 Å². The molecule has 2 aliphatic rings. The van der Waals surface area contributed by atoms with Crippen LogP contribution in [0.5, 0.6) is 0 Å². The highest BCUT2D eigenvalue weighted by Gasteiger charge is 2.49. The summed E-state index contributed by atoms with van der Waals surface area (Å²) in [6.45, 7) is 9.14. The Balaban J connectivity index is 2.26. The molecular formula is C11H18O. The van der Waals surface area contributed by atoms with Gasteiger partial charge in [-0.2, -0.15) is 0 Å². The van der Waals surface area contributed by atoms with Crippen molar-refractivity contribution < 1.29 is 4.74 Å². The van der Waals surface area contributed by atoms with Gasteiger partial charge in [0.1, 0.15) is 0 Å². The van der Waals surface area contributed by atoms with Crippen LogP contribution in [-0.4, -0.2) is 12.2 Å². The first kappa shape index (κ1) is 8.31. The average molecular weight is 166 g/mol. The van der Waals surface area contributed by atoms with Crippen molar-refractivity contribution in [2.75, 3.05) is 0 Å². The normalized spacial score (nSPS) is 45.6. The molecule has 2 bridgehead atoms. The Morgan fingerprint density at radius 3 is 2.58 bits per heavy atom. The van der Waals surface area contributed by atoms with Crippen molar-refractivity contribution in [3.8, 4) is 0 Å². The van der Waals surface area contributed by atoms with E-state index in [1.807, 2.05) is 0 Å². The maximum atomic E-state index is 5.87. The molecule has 2 heterocycles. The van der Waals surface area contributed by atoms with E-state index in [2.05, 4.69) is 33.8 Å². The number of rotatable bonds is 1. The molecule has 0 aliphatic carbocycles. The van der Waals surface area contributed by atoms with Gasteiger partial charge < -0.3 is 4.74 Å². The highest BCUT2D eigenvalue weighted by molar-refractivity contribution is 5.23. The summed E-state index contributed by atoms with van der Waals surface area (Å²) in [5, 5.41) is 0. The first-order valence-corrected chi connectivity index (χ1v) is 4.88. The van der Waals surface area contributed by atoms with Gasteiger partial charge in [-0.25, -0.2) is 0 Å². The average Bonchev–Trinajstić information content (AvgIpc) is 2.45. The Morgan fingerprint density at radius 2 is 2.25 bits per heavy atom. The molecule has 3 atom stereocenters. The maximum Gasteiger partial charge on any atom is 0.0824 e. The van der Waals surface area contributed by atoms with Gasteiger partial charge >= 0.3 is 0 Å². The minimum Gasteiger partial charge on any atom is -0.366 e. The van der Waals surface area contributed by atoms with E-state index in [1.54, 1.807) is 0 Å². The number of ether oxygens (including phenoxy) is 1. The molecule has 0 aromatic rings. The summed E-state index contributed by atoms with van der Waals surface area (Å²) >= 11 is 0. The Kier molecular flexibility index (Phi) is 1.63. The monoisotopic (exact) mass is 166 g/mol. The van der Waals surface area contributed by atoms with E-state index >= 15 is 0 Å².